The zero-order valence-corrected chi connectivity index (χ0v) is 14.1. The molecule has 4 N–H and O–H groups in total. The number of benzene rings is 1. The summed E-state index contributed by atoms with van der Waals surface area (Å²) in [5.74, 6) is 0.162. The van der Waals surface area contributed by atoms with Crippen molar-refractivity contribution in [1.29, 1.82) is 0 Å². The third-order valence-electron chi connectivity index (χ3n) is 4.38. The number of anilines is 2. The van der Waals surface area contributed by atoms with Gasteiger partial charge in [-0.05, 0) is 18.9 Å². The van der Waals surface area contributed by atoms with Crippen molar-refractivity contribution in [3.8, 4) is 5.75 Å². The number of nitrogens with two attached hydrogens (primary N) is 1. The fraction of sp³-hybridized carbons (Fsp3) is 0.467. The molecular formula is C15H19Cl2N3O3. The van der Waals surface area contributed by atoms with Crippen molar-refractivity contribution in [2.75, 3.05) is 23.8 Å². The van der Waals surface area contributed by atoms with Crippen LogP contribution in [0, 0.1) is 5.41 Å². The lowest BCUT2D eigenvalue weighted by molar-refractivity contribution is -0.125. The van der Waals surface area contributed by atoms with Crippen molar-refractivity contribution >= 4 is 47.2 Å². The maximum atomic E-state index is 12.6. The molecule has 0 saturated heterocycles. The summed E-state index contributed by atoms with van der Waals surface area (Å²) in [4.78, 5) is 23.9. The van der Waals surface area contributed by atoms with E-state index in [1.54, 1.807) is 12.1 Å². The van der Waals surface area contributed by atoms with Crippen LogP contribution in [-0.4, -0.2) is 25.0 Å². The molecule has 1 aliphatic heterocycles. The fourth-order valence-electron chi connectivity index (χ4n) is 3.03. The average molecular weight is 360 g/mol. The molecule has 6 nitrogen and oxygen atoms in total. The minimum absolute atomic E-state index is 0. The van der Waals surface area contributed by atoms with E-state index in [2.05, 4.69) is 10.6 Å². The quantitative estimate of drug-likeness (QED) is 0.772. The Balaban J connectivity index is 0.00000192. The predicted molar refractivity (Wildman–Crippen MR) is 91.4 cm³/mol. The lowest BCUT2D eigenvalue weighted by Crippen LogP contribution is -2.40. The maximum Gasteiger partial charge on any atom is 0.262 e. The van der Waals surface area contributed by atoms with E-state index < -0.39 is 5.41 Å². The van der Waals surface area contributed by atoms with E-state index >= 15 is 0 Å². The summed E-state index contributed by atoms with van der Waals surface area (Å²) in [6, 6.07) is 3.21. The molecular weight excluding hydrogens is 341 g/mol. The predicted octanol–water partition coefficient (Wildman–Crippen LogP) is 2.55. The second-order valence-corrected chi connectivity index (χ2v) is 6.22. The molecule has 1 heterocycles. The van der Waals surface area contributed by atoms with Crippen LogP contribution in [0.5, 0.6) is 5.75 Å². The van der Waals surface area contributed by atoms with Crippen molar-refractivity contribution < 1.29 is 14.3 Å². The molecule has 0 radical (unpaired) electrons. The Morgan fingerprint density at radius 1 is 1.39 bits per heavy atom. The maximum absolute atomic E-state index is 12.6. The number of carbonyl (C=O) groups excluding carboxylic acids is 2. The minimum atomic E-state index is -0.506. The van der Waals surface area contributed by atoms with E-state index in [1.165, 1.54) is 0 Å². The molecule has 1 saturated carbocycles. The van der Waals surface area contributed by atoms with Gasteiger partial charge in [-0.25, -0.2) is 0 Å². The molecule has 126 valence electrons. The van der Waals surface area contributed by atoms with Crippen LogP contribution in [0.1, 0.15) is 25.7 Å². The highest BCUT2D eigenvalue weighted by Gasteiger charge is 2.40. The smallest absolute Gasteiger partial charge is 0.262 e. The number of hydrogen-bond donors (Lipinski definition) is 3. The number of hydrogen-bond acceptors (Lipinski definition) is 4. The number of ether oxygens (including phenoxy) is 1. The first-order valence-electron chi connectivity index (χ1n) is 7.32. The molecule has 23 heavy (non-hydrogen) atoms. The fourth-order valence-corrected chi connectivity index (χ4v) is 3.24. The van der Waals surface area contributed by atoms with Gasteiger partial charge < -0.3 is 21.1 Å². The normalized spacial score (nSPS) is 18.3. The van der Waals surface area contributed by atoms with Crippen LogP contribution in [0.4, 0.5) is 11.4 Å². The highest BCUT2D eigenvalue weighted by molar-refractivity contribution is 6.34. The van der Waals surface area contributed by atoms with Gasteiger partial charge in [0.25, 0.3) is 5.91 Å². The van der Waals surface area contributed by atoms with Crippen LogP contribution < -0.4 is 21.1 Å². The molecule has 0 bridgehead atoms. The highest BCUT2D eigenvalue weighted by Crippen LogP contribution is 2.40. The molecule has 0 spiro atoms. The van der Waals surface area contributed by atoms with Crippen molar-refractivity contribution in [3.05, 3.63) is 17.2 Å². The lowest BCUT2D eigenvalue weighted by Gasteiger charge is -2.26. The van der Waals surface area contributed by atoms with Crippen LogP contribution in [0.3, 0.4) is 0 Å². The Kier molecular flexibility index (Phi) is 5.39. The lowest BCUT2D eigenvalue weighted by atomic mass is 9.85. The van der Waals surface area contributed by atoms with Gasteiger partial charge in [-0.15, -0.1) is 12.4 Å². The van der Waals surface area contributed by atoms with Gasteiger partial charge in [-0.1, -0.05) is 24.4 Å². The summed E-state index contributed by atoms with van der Waals surface area (Å²) in [6.45, 7) is 0.280. The summed E-state index contributed by atoms with van der Waals surface area (Å²) in [7, 11) is 0. The molecule has 1 fully saturated rings. The minimum Gasteiger partial charge on any atom is -0.482 e. The largest absolute Gasteiger partial charge is 0.482 e. The van der Waals surface area contributed by atoms with Gasteiger partial charge in [-0.2, -0.15) is 0 Å². The molecule has 0 atom stereocenters. The monoisotopic (exact) mass is 359 g/mol. The van der Waals surface area contributed by atoms with Crippen molar-refractivity contribution in [2.24, 2.45) is 11.1 Å². The van der Waals surface area contributed by atoms with E-state index in [0.717, 1.165) is 25.7 Å². The molecule has 1 aliphatic carbocycles. The molecule has 1 aromatic carbocycles. The van der Waals surface area contributed by atoms with Gasteiger partial charge in [0, 0.05) is 12.6 Å². The Morgan fingerprint density at radius 2 is 2.09 bits per heavy atom. The highest BCUT2D eigenvalue weighted by atomic mass is 35.5. The Morgan fingerprint density at radius 3 is 2.74 bits per heavy atom. The van der Waals surface area contributed by atoms with Crippen molar-refractivity contribution in [1.82, 2.24) is 0 Å². The average Bonchev–Trinajstić information content (AvgIpc) is 2.98. The van der Waals surface area contributed by atoms with E-state index in [-0.39, 0.29) is 30.8 Å². The molecule has 0 aromatic heterocycles. The molecule has 1 aromatic rings. The summed E-state index contributed by atoms with van der Waals surface area (Å²) < 4.78 is 5.34. The van der Waals surface area contributed by atoms with E-state index in [4.69, 9.17) is 22.1 Å². The molecule has 2 amide bonds. The molecule has 2 aliphatic rings. The zero-order valence-electron chi connectivity index (χ0n) is 12.5. The molecule has 3 rings (SSSR count). The summed E-state index contributed by atoms with van der Waals surface area (Å²) in [5.41, 5.74) is 6.30. The number of nitrogens with one attached hydrogen (secondary N) is 2. The SMILES string of the molecule is Cl.NCC1(C(=O)Nc2cc3c(cc2Cl)NC(=O)CO3)CCCC1. The van der Waals surface area contributed by atoms with Gasteiger partial charge in [0.05, 0.1) is 21.8 Å². The Labute approximate surface area is 145 Å². The van der Waals surface area contributed by atoms with E-state index in [1.807, 2.05) is 0 Å². The third-order valence-corrected chi connectivity index (χ3v) is 4.70. The van der Waals surface area contributed by atoms with E-state index in [9.17, 15) is 9.59 Å². The first-order chi connectivity index (χ1) is 10.5. The summed E-state index contributed by atoms with van der Waals surface area (Å²) in [6.07, 6.45) is 3.62. The van der Waals surface area contributed by atoms with Crippen LogP contribution in [-0.2, 0) is 9.59 Å². The van der Waals surface area contributed by atoms with Crippen LogP contribution in [0.15, 0.2) is 12.1 Å². The van der Waals surface area contributed by atoms with Gasteiger partial charge in [-0.3, -0.25) is 9.59 Å². The third kappa shape index (κ3) is 3.39. The topological polar surface area (TPSA) is 93.5 Å². The Bertz CT molecular complexity index is 631. The number of fused-ring (bicyclic) bond motifs is 1. The van der Waals surface area contributed by atoms with Crippen LogP contribution in [0.25, 0.3) is 0 Å². The standard InChI is InChI=1S/C15H18ClN3O3.ClH/c16-9-5-11-12(22-7-13(20)18-11)6-10(9)19-14(21)15(8-17)3-1-2-4-15;/h5-6H,1-4,7-8,17H2,(H,18,20)(H,19,21);1H. The molecule has 8 heteroatoms. The van der Waals surface area contributed by atoms with Crippen LogP contribution >= 0.6 is 24.0 Å². The zero-order chi connectivity index (χ0) is 15.7. The number of carbonyl (C=O) groups is 2. The first kappa shape index (κ1) is 17.8. The van der Waals surface area contributed by atoms with Gasteiger partial charge in [0.2, 0.25) is 5.91 Å². The summed E-state index contributed by atoms with van der Waals surface area (Å²) in [5, 5.41) is 5.89. The summed E-state index contributed by atoms with van der Waals surface area (Å²) >= 11 is 6.20. The van der Waals surface area contributed by atoms with Crippen LogP contribution in [0.2, 0.25) is 5.02 Å². The van der Waals surface area contributed by atoms with Gasteiger partial charge >= 0.3 is 0 Å². The second-order valence-electron chi connectivity index (χ2n) is 5.81. The number of halogens is 2. The number of amides is 2. The first-order valence-corrected chi connectivity index (χ1v) is 7.70. The van der Waals surface area contributed by atoms with Crippen molar-refractivity contribution in [3.63, 3.8) is 0 Å². The Hall–Kier alpha value is -1.50. The molecule has 0 unspecified atom stereocenters. The second kappa shape index (κ2) is 6.95. The number of rotatable bonds is 3. The van der Waals surface area contributed by atoms with Crippen molar-refractivity contribution in [2.45, 2.75) is 25.7 Å². The van der Waals surface area contributed by atoms with Gasteiger partial charge in [0.1, 0.15) is 5.75 Å². The van der Waals surface area contributed by atoms with E-state index in [0.29, 0.717) is 28.7 Å². The van der Waals surface area contributed by atoms with Gasteiger partial charge in [0.15, 0.2) is 6.61 Å².